The second-order valence-electron chi connectivity index (χ2n) is 4.40. The second kappa shape index (κ2) is 3.42. The van der Waals surface area contributed by atoms with Gasteiger partial charge in [-0.25, -0.2) is 0 Å². The predicted molar refractivity (Wildman–Crippen MR) is 60.0 cm³/mol. The monoisotopic (exact) mass is 256 g/mol. The minimum absolute atomic E-state index is 0.371. The molecule has 0 saturated heterocycles. The molecule has 1 rings (SSSR count). The van der Waals surface area contributed by atoms with Gasteiger partial charge in [0.2, 0.25) is 0 Å². The van der Waals surface area contributed by atoms with Gasteiger partial charge in [-0.3, -0.25) is 0 Å². The standard InChI is InChI=1S/C8H18FO4PSi/c1-7-8(2)12-14(9,10-3,11-7)13-15(4,5)6/h1-6H3. The van der Waals surface area contributed by atoms with Gasteiger partial charge in [-0.2, -0.15) is 0 Å². The average Bonchev–Trinajstić information content (AvgIpc) is 2.21. The van der Waals surface area contributed by atoms with Gasteiger partial charge in [0.1, 0.15) is 0 Å². The third-order valence-corrected chi connectivity index (χ3v) is 6.85. The Labute approximate surface area is 90.9 Å². The fourth-order valence-electron chi connectivity index (χ4n) is 1.17. The third kappa shape index (κ3) is 2.69. The fraction of sp³-hybridized carbons (Fsp3) is 0.750. The van der Waals surface area contributed by atoms with Gasteiger partial charge in [0.15, 0.2) is 0 Å². The molecule has 0 unspecified atom stereocenters. The van der Waals surface area contributed by atoms with Crippen molar-refractivity contribution in [3.63, 3.8) is 0 Å². The summed E-state index contributed by atoms with van der Waals surface area (Å²) in [6.07, 6.45) is 0. The van der Waals surface area contributed by atoms with Crippen molar-refractivity contribution in [1.82, 2.24) is 0 Å². The van der Waals surface area contributed by atoms with E-state index >= 15 is 0 Å². The van der Waals surface area contributed by atoms with E-state index in [1.54, 1.807) is 13.8 Å². The summed E-state index contributed by atoms with van der Waals surface area (Å²) in [7, 11) is -5.82. The topological polar surface area (TPSA) is 36.9 Å². The molecular weight excluding hydrogens is 238 g/mol. The number of rotatable bonds is 3. The summed E-state index contributed by atoms with van der Waals surface area (Å²) in [6, 6.07) is 0. The molecule has 0 radical (unpaired) electrons. The first-order valence-electron chi connectivity index (χ1n) is 4.67. The molecular formula is C8H18FO4PSi. The van der Waals surface area contributed by atoms with Crippen molar-refractivity contribution in [2.24, 2.45) is 0 Å². The summed E-state index contributed by atoms with van der Waals surface area (Å²) in [4.78, 5) is 0. The van der Waals surface area contributed by atoms with Crippen LogP contribution >= 0.6 is 7.82 Å². The molecule has 0 amide bonds. The van der Waals surface area contributed by atoms with E-state index in [1.165, 1.54) is 7.11 Å². The summed E-state index contributed by atoms with van der Waals surface area (Å²) in [5.41, 5.74) is 0. The molecule has 0 atom stereocenters. The van der Waals surface area contributed by atoms with Crippen molar-refractivity contribution in [1.29, 1.82) is 0 Å². The first-order chi connectivity index (χ1) is 6.58. The van der Waals surface area contributed by atoms with Crippen molar-refractivity contribution >= 4 is 16.1 Å². The summed E-state index contributed by atoms with van der Waals surface area (Å²) in [5, 5.41) is 0. The van der Waals surface area contributed by atoms with Crippen molar-refractivity contribution in [2.75, 3.05) is 7.11 Å². The Morgan fingerprint density at radius 2 is 1.53 bits per heavy atom. The number of halogens is 1. The van der Waals surface area contributed by atoms with Gasteiger partial charge in [0.05, 0.1) is 0 Å². The molecule has 0 fully saturated rings. The average molecular weight is 256 g/mol. The van der Waals surface area contributed by atoms with Crippen LogP contribution in [0.25, 0.3) is 0 Å². The van der Waals surface area contributed by atoms with E-state index in [4.69, 9.17) is 17.8 Å². The molecule has 15 heavy (non-hydrogen) atoms. The first-order valence-corrected chi connectivity index (χ1v) is 9.88. The van der Waals surface area contributed by atoms with E-state index in [9.17, 15) is 4.20 Å². The summed E-state index contributed by atoms with van der Waals surface area (Å²) >= 11 is 0. The summed E-state index contributed by atoms with van der Waals surface area (Å²) in [6.45, 7) is 8.77. The number of allylic oxidation sites excluding steroid dienone is 2. The van der Waals surface area contributed by atoms with Crippen molar-refractivity contribution in [3.05, 3.63) is 11.5 Å². The number of hydrogen-bond donors (Lipinski definition) is 0. The zero-order valence-corrected chi connectivity index (χ0v) is 11.9. The van der Waals surface area contributed by atoms with Crippen LogP contribution in [0, 0.1) is 0 Å². The first kappa shape index (κ1) is 12.9. The van der Waals surface area contributed by atoms with Crippen molar-refractivity contribution in [2.45, 2.75) is 33.5 Å². The van der Waals surface area contributed by atoms with Gasteiger partial charge >= 0.3 is 90.2 Å². The molecule has 0 aliphatic carbocycles. The summed E-state index contributed by atoms with van der Waals surface area (Å²) in [5.74, 6) is 0.741. The van der Waals surface area contributed by atoms with Crippen LogP contribution in [-0.2, 0) is 17.8 Å². The van der Waals surface area contributed by atoms with Crippen LogP contribution in [0.5, 0.6) is 0 Å². The Morgan fingerprint density at radius 3 is 1.80 bits per heavy atom. The van der Waals surface area contributed by atoms with Crippen LogP contribution in [0.4, 0.5) is 4.20 Å². The van der Waals surface area contributed by atoms with Gasteiger partial charge in [0.25, 0.3) is 0 Å². The van der Waals surface area contributed by atoms with E-state index in [0.29, 0.717) is 11.5 Å². The molecule has 0 aromatic carbocycles. The van der Waals surface area contributed by atoms with Crippen molar-refractivity contribution in [3.8, 4) is 0 Å². The molecule has 90 valence electrons. The Morgan fingerprint density at radius 1 is 1.13 bits per heavy atom. The van der Waals surface area contributed by atoms with Crippen molar-refractivity contribution < 1.29 is 22.0 Å². The Hall–Kier alpha value is -0.163. The molecule has 0 spiro atoms. The molecule has 1 aliphatic rings. The quantitative estimate of drug-likeness (QED) is 0.567. The predicted octanol–water partition coefficient (Wildman–Crippen LogP) is 3.88. The Kier molecular flexibility index (Phi) is 2.94. The van der Waals surface area contributed by atoms with Crippen LogP contribution < -0.4 is 0 Å². The van der Waals surface area contributed by atoms with E-state index in [-0.39, 0.29) is 0 Å². The molecule has 0 saturated carbocycles. The minimum atomic E-state index is -4.86. The molecule has 0 bridgehead atoms. The normalized spacial score (nSPS) is 26.5. The van der Waals surface area contributed by atoms with Crippen LogP contribution in [0.3, 0.4) is 0 Å². The number of hydrogen-bond acceptors (Lipinski definition) is 4. The molecule has 7 heteroatoms. The van der Waals surface area contributed by atoms with E-state index in [0.717, 1.165) is 0 Å². The second-order valence-corrected chi connectivity index (χ2v) is 11.5. The Bertz CT molecular complexity index is 298. The molecule has 4 nitrogen and oxygen atoms in total. The van der Waals surface area contributed by atoms with Crippen LogP contribution in [0.1, 0.15) is 13.8 Å². The zero-order chi connectivity index (χ0) is 11.9. The van der Waals surface area contributed by atoms with E-state index in [1.807, 2.05) is 19.6 Å². The van der Waals surface area contributed by atoms with Gasteiger partial charge in [0, 0.05) is 0 Å². The van der Waals surface area contributed by atoms with Crippen LogP contribution in [-0.4, -0.2) is 15.4 Å². The molecule has 1 aliphatic heterocycles. The SMILES string of the molecule is COP1(F)(O[Si](C)(C)C)OC(C)=C(C)O1. The van der Waals surface area contributed by atoms with Gasteiger partial charge in [-0.05, 0) is 0 Å². The molecule has 0 aromatic heterocycles. The van der Waals surface area contributed by atoms with Crippen LogP contribution in [0.15, 0.2) is 11.5 Å². The maximum atomic E-state index is 14.7. The zero-order valence-electron chi connectivity index (χ0n) is 9.96. The molecule has 0 N–H and O–H groups in total. The summed E-state index contributed by atoms with van der Waals surface area (Å²) < 4.78 is 35.0. The molecule has 1 heterocycles. The fourth-order valence-corrected chi connectivity index (χ4v) is 6.60. The third-order valence-electron chi connectivity index (χ3n) is 1.78. The Balaban J connectivity index is 2.97. The van der Waals surface area contributed by atoms with Gasteiger partial charge in [-0.1, -0.05) is 0 Å². The van der Waals surface area contributed by atoms with Gasteiger partial charge in [-0.15, -0.1) is 0 Å². The van der Waals surface area contributed by atoms with Crippen LogP contribution in [0.2, 0.25) is 19.6 Å². The van der Waals surface area contributed by atoms with E-state index < -0.39 is 16.1 Å². The molecule has 0 aromatic rings. The maximum absolute atomic E-state index is 14.7. The van der Waals surface area contributed by atoms with E-state index in [2.05, 4.69) is 0 Å². The van der Waals surface area contributed by atoms with Gasteiger partial charge < -0.3 is 0 Å².